The fourth-order valence-electron chi connectivity index (χ4n) is 1.80. The number of primary amides is 1. The first-order valence-electron chi connectivity index (χ1n) is 5.51. The molecule has 0 bridgehead atoms. The number of carbonyl (C=O) groups is 1. The van der Waals surface area contributed by atoms with E-state index in [-0.39, 0.29) is 0 Å². The lowest BCUT2D eigenvalue weighted by molar-refractivity contribution is 0.100. The molecule has 4 heteroatoms. The monoisotopic (exact) mass is 219 g/mol. The average Bonchev–Trinajstić information content (AvgIpc) is 2.92. The van der Waals surface area contributed by atoms with Gasteiger partial charge in [-0.3, -0.25) is 4.79 Å². The molecule has 4 nitrogen and oxygen atoms in total. The van der Waals surface area contributed by atoms with Gasteiger partial charge in [0.15, 0.2) is 0 Å². The van der Waals surface area contributed by atoms with E-state index >= 15 is 0 Å². The number of nitrogens with one attached hydrogen (secondary N) is 1. The predicted molar refractivity (Wildman–Crippen MR) is 65.1 cm³/mol. The lowest BCUT2D eigenvalue weighted by Gasteiger charge is -2.09. The third-order valence-electron chi connectivity index (χ3n) is 3.17. The van der Waals surface area contributed by atoms with Crippen LogP contribution in [0.25, 0.3) is 0 Å². The fraction of sp³-hybridized carbons (Fsp3) is 0.417. The van der Waals surface area contributed by atoms with Crippen molar-refractivity contribution in [3.63, 3.8) is 0 Å². The van der Waals surface area contributed by atoms with Crippen LogP contribution in [0.2, 0.25) is 0 Å². The van der Waals surface area contributed by atoms with Gasteiger partial charge < -0.3 is 16.8 Å². The van der Waals surface area contributed by atoms with Crippen LogP contribution in [-0.2, 0) is 0 Å². The highest BCUT2D eigenvalue weighted by atomic mass is 16.1. The summed E-state index contributed by atoms with van der Waals surface area (Å²) in [6, 6.07) is 5.11. The Hall–Kier alpha value is -1.71. The molecule has 2 unspecified atom stereocenters. The number of nitrogen functional groups attached to an aromatic ring is 1. The summed E-state index contributed by atoms with van der Waals surface area (Å²) in [5.41, 5.74) is 12.9. The molecule has 1 aliphatic rings. The van der Waals surface area contributed by atoms with Crippen molar-refractivity contribution < 1.29 is 4.79 Å². The van der Waals surface area contributed by atoms with Gasteiger partial charge in [-0.05, 0) is 36.5 Å². The zero-order valence-electron chi connectivity index (χ0n) is 9.36. The minimum Gasteiger partial charge on any atom is -0.397 e. The lowest BCUT2D eigenvalue weighted by atomic mass is 10.1. The van der Waals surface area contributed by atoms with Crippen LogP contribution in [0, 0.1) is 11.8 Å². The molecule has 0 heterocycles. The zero-order chi connectivity index (χ0) is 11.7. The van der Waals surface area contributed by atoms with E-state index in [1.54, 1.807) is 12.1 Å². The van der Waals surface area contributed by atoms with E-state index in [0.29, 0.717) is 11.3 Å². The minimum absolute atomic E-state index is 0.447. The molecule has 2 rings (SSSR count). The van der Waals surface area contributed by atoms with E-state index in [2.05, 4.69) is 12.2 Å². The van der Waals surface area contributed by atoms with Crippen molar-refractivity contribution in [3.8, 4) is 0 Å². The molecule has 86 valence electrons. The number of nitrogens with two attached hydrogens (primary N) is 2. The van der Waals surface area contributed by atoms with Gasteiger partial charge in [-0.2, -0.15) is 0 Å². The molecule has 1 aromatic rings. The Morgan fingerprint density at radius 1 is 1.56 bits per heavy atom. The van der Waals surface area contributed by atoms with Crippen LogP contribution < -0.4 is 16.8 Å². The largest absolute Gasteiger partial charge is 0.397 e. The number of rotatable bonds is 4. The van der Waals surface area contributed by atoms with Crippen LogP contribution >= 0.6 is 0 Å². The normalized spacial score (nSPS) is 22.8. The first kappa shape index (κ1) is 10.8. The van der Waals surface area contributed by atoms with Gasteiger partial charge in [0.1, 0.15) is 0 Å². The van der Waals surface area contributed by atoms with E-state index in [4.69, 9.17) is 11.5 Å². The van der Waals surface area contributed by atoms with Gasteiger partial charge in [-0.25, -0.2) is 0 Å². The predicted octanol–water partition coefficient (Wildman–Crippen LogP) is 1.44. The molecule has 0 saturated heterocycles. The number of carbonyl (C=O) groups excluding carboxylic acids is 1. The van der Waals surface area contributed by atoms with Crippen molar-refractivity contribution in [3.05, 3.63) is 23.8 Å². The van der Waals surface area contributed by atoms with Crippen LogP contribution in [-0.4, -0.2) is 12.5 Å². The Morgan fingerprint density at radius 2 is 2.25 bits per heavy atom. The van der Waals surface area contributed by atoms with Gasteiger partial charge in [-0.15, -0.1) is 0 Å². The average molecular weight is 219 g/mol. The molecular formula is C12H17N3O. The van der Waals surface area contributed by atoms with Crippen LogP contribution in [0.4, 0.5) is 11.4 Å². The number of amides is 1. The summed E-state index contributed by atoms with van der Waals surface area (Å²) >= 11 is 0. The fourth-order valence-corrected chi connectivity index (χ4v) is 1.80. The highest BCUT2D eigenvalue weighted by molar-refractivity contribution is 5.94. The molecule has 1 amide bonds. The van der Waals surface area contributed by atoms with E-state index in [0.717, 1.165) is 24.1 Å². The maximum absolute atomic E-state index is 10.9. The second-order valence-electron chi connectivity index (χ2n) is 4.52. The van der Waals surface area contributed by atoms with Crippen molar-refractivity contribution >= 4 is 17.3 Å². The number of hydrogen-bond donors (Lipinski definition) is 3. The Bertz CT molecular complexity index is 417. The second kappa shape index (κ2) is 4.04. The summed E-state index contributed by atoms with van der Waals surface area (Å²) < 4.78 is 0. The van der Waals surface area contributed by atoms with Crippen molar-refractivity contribution in [1.82, 2.24) is 0 Å². The molecule has 2 atom stereocenters. The van der Waals surface area contributed by atoms with Crippen LogP contribution in [0.1, 0.15) is 23.7 Å². The van der Waals surface area contributed by atoms with Crippen LogP contribution in [0.3, 0.4) is 0 Å². The topological polar surface area (TPSA) is 81.1 Å². The Balaban J connectivity index is 2.01. The summed E-state index contributed by atoms with van der Waals surface area (Å²) in [6.07, 6.45) is 1.28. The molecule has 0 aliphatic heterocycles. The first-order valence-corrected chi connectivity index (χ1v) is 5.51. The minimum atomic E-state index is -0.450. The van der Waals surface area contributed by atoms with Gasteiger partial charge >= 0.3 is 0 Å². The molecule has 0 radical (unpaired) electrons. The summed E-state index contributed by atoms with van der Waals surface area (Å²) in [4.78, 5) is 10.9. The summed E-state index contributed by atoms with van der Waals surface area (Å²) in [7, 11) is 0. The molecule has 5 N–H and O–H groups in total. The van der Waals surface area contributed by atoms with E-state index in [1.807, 2.05) is 6.07 Å². The number of anilines is 2. The molecule has 0 aromatic heterocycles. The molecule has 0 spiro atoms. The van der Waals surface area contributed by atoms with Crippen LogP contribution in [0.15, 0.2) is 18.2 Å². The van der Waals surface area contributed by atoms with Crippen molar-refractivity contribution in [2.45, 2.75) is 13.3 Å². The van der Waals surface area contributed by atoms with Gasteiger partial charge in [0.05, 0.1) is 11.4 Å². The lowest BCUT2D eigenvalue weighted by Crippen LogP contribution is -2.12. The third-order valence-corrected chi connectivity index (χ3v) is 3.17. The van der Waals surface area contributed by atoms with Crippen molar-refractivity contribution in [1.29, 1.82) is 0 Å². The van der Waals surface area contributed by atoms with Gasteiger partial charge in [0.2, 0.25) is 5.91 Å². The zero-order valence-corrected chi connectivity index (χ0v) is 9.36. The molecule has 16 heavy (non-hydrogen) atoms. The van der Waals surface area contributed by atoms with E-state index in [1.165, 1.54) is 6.42 Å². The van der Waals surface area contributed by atoms with Gasteiger partial charge in [-0.1, -0.05) is 6.92 Å². The highest BCUT2D eigenvalue weighted by Crippen LogP contribution is 2.37. The third kappa shape index (κ3) is 2.27. The number of hydrogen-bond acceptors (Lipinski definition) is 3. The van der Waals surface area contributed by atoms with Gasteiger partial charge in [0.25, 0.3) is 0 Å². The summed E-state index contributed by atoms with van der Waals surface area (Å²) in [5, 5.41) is 3.29. The molecule has 1 aromatic carbocycles. The molecule has 1 aliphatic carbocycles. The number of benzene rings is 1. The maximum atomic E-state index is 10.9. The smallest absolute Gasteiger partial charge is 0.248 e. The molecular weight excluding hydrogens is 202 g/mol. The van der Waals surface area contributed by atoms with Crippen molar-refractivity contribution in [2.75, 3.05) is 17.6 Å². The van der Waals surface area contributed by atoms with Gasteiger partial charge in [0, 0.05) is 12.1 Å². The van der Waals surface area contributed by atoms with Crippen LogP contribution in [0.5, 0.6) is 0 Å². The van der Waals surface area contributed by atoms with E-state index in [9.17, 15) is 4.79 Å². The van der Waals surface area contributed by atoms with Crippen molar-refractivity contribution in [2.24, 2.45) is 17.6 Å². The summed E-state index contributed by atoms with van der Waals surface area (Å²) in [5.74, 6) is 1.13. The SMILES string of the molecule is CC1CC1CNc1ccc(C(N)=O)cc1N. The Kier molecular flexibility index (Phi) is 2.73. The maximum Gasteiger partial charge on any atom is 0.248 e. The van der Waals surface area contributed by atoms with E-state index < -0.39 is 5.91 Å². The quantitative estimate of drug-likeness (QED) is 0.670. The highest BCUT2D eigenvalue weighted by Gasteiger charge is 2.31. The summed E-state index contributed by atoms with van der Waals surface area (Å²) in [6.45, 7) is 3.19. The molecule has 1 fully saturated rings. The Morgan fingerprint density at radius 3 is 2.75 bits per heavy atom. The molecule has 1 saturated carbocycles. The first-order chi connectivity index (χ1) is 7.58. The Labute approximate surface area is 95.0 Å². The standard InChI is InChI=1S/C12H17N3O/c1-7-4-9(7)6-15-11-3-2-8(12(14)16)5-10(11)13/h2-3,5,7,9,15H,4,6,13H2,1H3,(H2,14,16). The second-order valence-corrected chi connectivity index (χ2v) is 4.52.